The summed E-state index contributed by atoms with van der Waals surface area (Å²) in [4.78, 5) is 26.6. The summed E-state index contributed by atoms with van der Waals surface area (Å²) in [5, 5.41) is 0. The summed E-state index contributed by atoms with van der Waals surface area (Å²) in [5.41, 5.74) is 0.604. The zero-order valence-corrected chi connectivity index (χ0v) is 16.0. The summed E-state index contributed by atoms with van der Waals surface area (Å²) in [6.45, 7) is 3.71. The van der Waals surface area contributed by atoms with E-state index >= 15 is 0 Å². The molecule has 2 rings (SSSR count). The van der Waals surface area contributed by atoms with E-state index < -0.39 is 22.0 Å². The molecule has 8 nitrogen and oxygen atoms in total. The predicted octanol–water partition coefficient (Wildman–Crippen LogP) is 1.46. The average Bonchev–Trinajstić information content (AvgIpc) is 3.09. The first-order chi connectivity index (χ1) is 12.3. The molecule has 1 aliphatic rings. The Bertz CT molecular complexity index is 765. The fourth-order valence-electron chi connectivity index (χ4n) is 2.88. The summed E-state index contributed by atoms with van der Waals surface area (Å²) >= 11 is 0. The molecular weight excluding hydrogens is 360 g/mol. The molecule has 0 radical (unpaired) electrons. The largest absolute Gasteiger partial charge is 0.474 e. The zero-order chi connectivity index (χ0) is 19.3. The second-order valence-electron chi connectivity index (χ2n) is 6.23. The molecule has 2 heterocycles. The molecule has 0 aliphatic carbocycles. The second-order valence-corrected chi connectivity index (χ2v) is 8.08. The lowest BCUT2D eigenvalue weighted by Gasteiger charge is -2.24. The Morgan fingerprint density at radius 3 is 2.85 bits per heavy atom. The van der Waals surface area contributed by atoms with E-state index in [9.17, 15) is 18.0 Å². The van der Waals surface area contributed by atoms with E-state index in [4.69, 9.17) is 9.47 Å². The molecule has 0 N–H and O–H groups in total. The first-order valence-corrected chi connectivity index (χ1v) is 9.93. The van der Waals surface area contributed by atoms with Crippen LogP contribution in [0.15, 0.2) is 17.0 Å². The van der Waals surface area contributed by atoms with Crippen LogP contribution in [0.1, 0.15) is 38.3 Å². The van der Waals surface area contributed by atoms with Gasteiger partial charge in [0.25, 0.3) is 0 Å². The molecule has 0 spiro atoms. The van der Waals surface area contributed by atoms with Gasteiger partial charge in [-0.25, -0.2) is 13.4 Å². The number of esters is 1. The van der Waals surface area contributed by atoms with Crippen molar-refractivity contribution in [2.24, 2.45) is 0 Å². The van der Waals surface area contributed by atoms with Crippen molar-refractivity contribution in [1.82, 2.24) is 9.29 Å². The van der Waals surface area contributed by atoms with E-state index in [1.165, 1.54) is 13.2 Å². The van der Waals surface area contributed by atoms with E-state index in [-0.39, 0.29) is 23.4 Å². The van der Waals surface area contributed by atoms with Crippen LogP contribution in [0.3, 0.4) is 0 Å². The lowest BCUT2D eigenvalue weighted by Crippen LogP contribution is -2.41. The van der Waals surface area contributed by atoms with Crippen LogP contribution in [-0.2, 0) is 24.3 Å². The third-order valence-electron chi connectivity index (χ3n) is 4.23. The molecule has 1 aromatic rings. The number of carbonyl (C=O) groups is 2. The Morgan fingerprint density at radius 1 is 1.46 bits per heavy atom. The molecule has 2 atom stereocenters. The Hall–Kier alpha value is -2.00. The molecule has 144 valence electrons. The number of rotatable bonds is 8. The number of pyridine rings is 1. The third kappa shape index (κ3) is 4.39. The van der Waals surface area contributed by atoms with Gasteiger partial charge in [0.1, 0.15) is 17.2 Å². The van der Waals surface area contributed by atoms with Gasteiger partial charge in [0.05, 0.1) is 13.2 Å². The highest BCUT2D eigenvalue weighted by Crippen LogP contribution is 2.31. The minimum Gasteiger partial charge on any atom is -0.474 e. The molecule has 0 bridgehead atoms. The van der Waals surface area contributed by atoms with Crippen LogP contribution in [0, 0.1) is 6.92 Å². The van der Waals surface area contributed by atoms with Crippen LogP contribution >= 0.6 is 0 Å². The zero-order valence-electron chi connectivity index (χ0n) is 15.2. The van der Waals surface area contributed by atoms with Crippen LogP contribution in [0.5, 0.6) is 5.88 Å². The Morgan fingerprint density at radius 2 is 2.19 bits per heavy atom. The van der Waals surface area contributed by atoms with Gasteiger partial charge in [0.2, 0.25) is 15.9 Å². The lowest BCUT2D eigenvalue weighted by molar-refractivity contribution is -0.144. The number of ether oxygens (including phenoxy) is 2. The maximum Gasteiger partial charge on any atom is 0.324 e. The quantitative estimate of drug-likeness (QED) is 0.494. The van der Waals surface area contributed by atoms with Gasteiger partial charge in [-0.2, -0.15) is 4.31 Å². The third-order valence-corrected chi connectivity index (χ3v) is 6.15. The van der Waals surface area contributed by atoms with Crippen LogP contribution in [-0.4, -0.2) is 55.8 Å². The van der Waals surface area contributed by atoms with E-state index in [1.807, 2.05) is 0 Å². The van der Waals surface area contributed by atoms with E-state index in [0.717, 1.165) is 10.6 Å². The highest BCUT2D eigenvalue weighted by molar-refractivity contribution is 7.89. The molecule has 0 aromatic carbocycles. The number of carbonyl (C=O) groups excluding carboxylic acids is 2. The van der Waals surface area contributed by atoms with Gasteiger partial charge in [-0.15, -0.1) is 0 Å². The molecule has 0 amide bonds. The van der Waals surface area contributed by atoms with Gasteiger partial charge < -0.3 is 14.3 Å². The summed E-state index contributed by atoms with van der Waals surface area (Å²) in [6, 6.07) is 2.18. The molecule has 1 aliphatic heterocycles. The van der Waals surface area contributed by atoms with Crippen molar-refractivity contribution in [2.75, 3.05) is 13.7 Å². The summed E-state index contributed by atoms with van der Waals surface area (Å²) < 4.78 is 37.8. The molecule has 1 aromatic heterocycles. The van der Waals surface area contributed by atoms with Gasteiger partial charge in [-0.3, -0.25) is 4.79 Å². The van der Waals surface area contributed by atoms with Crippen molar-refractivity contribution in [1.29, 1.82) is 0 Å². The van der Waals surface area contributed by atoms with Crippen molar-refractivity contribution >= 4 is 22.3 Å². The number of methoxy groups -OCH3 is 1. The van der Waals surface area contributed by atoms with Crippen molar-refractivity contribution in [2.45, 2.75) is 56.6 Å². The Balaban J connectivity index is 2.36. The van der Waals surface area contributed by atoms with Gasteiger partial charge >= 0.3 is 5.97 Å². The molecule has 0 unspecified atom stereocenters. The predicted molar refractivity (Wildman–Crippen MR) is 93.3 cm³/mol. The van der Waals surface area contributed by atoms with Crippen LogP contribution in [0.2, 0.25) is 0 Å². The fourth-order valence-corrected chi connectivity index (χ4v) is 4.58. The number of sulfonamides is 1. The molecule has 0 saturated carbocycles. The van der Waals surface area contributed by atoms with Crippen molar-refractivity contribution in [3.05, 3.63) is 17.8 Å². The highest BCUT2D eigenvalue weighted by Gasteiger charge is 2.41. The topological polar surface area (TPSA) is 103 Å². The standard InChI is InChI=1S/C17H24N2O6S/c1-12-8-9-15(16(18-12)25-13(2)6-5-11-20)26(22,23)19-10-4-7-14(19)17(21)24-3/h8-9,11,13-14H,4-7,10H2,1-3H3/t13-,14+/m1/s1. The fraction of sp³-hybridized carbons (Fsp3) is 0.588. The number of aldehydes is 1. The summed E-state index contributed by atoms with van der Waals surface area (Å²) in [7, 11) is -2.74. The molecule has 9 heteroatoms. The van der Waals surface area contributed by atoms with Crippen LogP contribution in [0.25, 0.3) is 0 Å². The molecular formula is C17H24N2O6S. The van der Waals surface area contributed by atoms with Gasteiger partial charge in [-0.1, -0.05) is 0 Å². The van der Waals surface area contributed by atoms with Gasteiger partial charge in [0.15, 0.2) is 0 Å². The number of aryl methyl sites for hydroxylation is 1. The molecule has 1 saturated heterocycles. The SMILES string of the molecule is COC(=O)[C@@H]1CCCN1S(=O)(=O)c1ccc(C)nc1O[C@H](C)CCC=O. The first-order valence-electron chi connectivity index (χ1n) is 8.49. The number of hydrogen-bond donors (Lipinski definition) is 0. The second kappa shape index (κ2) is 8.59. The average molecular weight is 384 g/mol. The molecule has 26 heavy (non-hydrogen) atoms. The minimum atomic E-state index is -3.98. The minimum absolute atomic E-state index is 0.0149. The van der Waals surface area contributed by atoms with Gasteiger partial charge in [0, 0.05) is 18.7 Å². The maximum absolute atomic E-state index is 13.1. The lowest BCUT2D eigenvalue weighted by atomic mass is 10.2. The van der Waals surface area contributed by atoms with Crippen LogP contribution in [0.4, 0.5) is 0 Å². The van der Waals surface area contributed by atoms with E-state index in [0.29, 0.717) is 31.4 Å². The maximum atomic E-state index is 13.1. The molecule has 1 fully saturated rings. The summed E-state index contributed by atoms with van der Waals surface area (Å²) in [6.07, 6.45) is 2.16. The van der Waals surface area contributed by atoms with Crippen LogP contribution < -0.4 is 4.74 Å². The Labute approximate surface area is 153 Å². The van der Waals surface area contributed by atoms with Crippen molar-refractivity contribution in [3.63, 3.8) is 0 Å². The Kier molecular flexibility index (Phi) is 6.71. The van der Waals surface area contributed by atoms with Crippen molar-refractivity contribution < 1.29 is 27.5 Å². The number of aromatic nitrogens is 1. The van der Waals surface area contributed by atoms with E-state index in [1.54, 1.807) is 19.9 Å². The summed E-state index contributed by atoms with van der Waals surface area (Å²) in [5.74, 6) is -0.591. The first kappa shape index (κ1) is 20.3. The smallest absolute Gasteiger partial charge is 0.324 e. The number of hydrogen-bond acceptors (Lipinski definition) is 7. The number of nitrogens with zero attached hydrogens (tertiary/aromatic N) is 2. The monoisotopic (exact) mass is 384 g/mol. The van der Waals surface area contributed by atoms with Gasteiger partial charge in [-0.05, 0) is 45.2 Å². The van der Waals surface area contributed by atoms with Crippen molar-refractivity contribution in [3.8, 4) is 5.88 Å². The highest BCUT2D eigenvalue weighted by atomic mass is 32.2. The normalized spacial score (nSPS) is 19.1. The van der Waals surface area contributed by atoms with E-state index in [2.05, 4.69) is 4.98 Å².